The summed E-state index contributed by atoms with van der Waals surface area (Å²) in [4.78, 5) is 11.6. The lowest BCUT2D eigenvalue weighted by Crippen LogP contribution is -2.31. The fourth-order valence-corrected chi connectivity index (χ4v) is 2.14. The lowest BCUT2D eigenvalue weighted by Gasteiger charge is -2.27. The van der Waals surface area contributed by atoms with Crippen LogP contribution in [0.4, 0.5) is 0 Å². The Labute approximate surface area is 92.4 Å². The van der Waals surface area contributed by atoms with E-state index in [9.17, 15) is 4.79 Å². The van der Waals surface area contributed by atoms with E-state index in [1.807, 2.05) is 20.8 Å². The first-order chi connectivity index (χ1) is 6.87. The summed E-state index contributed by atoms with van der Waals surface area (Å²) in [6.07, 6.45) is 4.87. The van der Waals surface area contributed by atoms with E-state index in [0.717, 1.165) is 25.7 Å². The second kappa shape index (κ2) is 4.97. The molecule has 1 fully saturated rings. The van der Waals surface area contributed by atoms with Crippen molar-refractivity contribution in [3.63, 3.8) is 0 Å². The number of ether oxygens (including phenoxy) is 1. The van der Waals surface area contributed by atoms with Gasteiger partial charge in [0.05, 0.1) is 0 Å². The first-order valence-electron chi connectivity index (χ1n) is 5.84. The lowest BCUT2D eigenvalue weighted by atomic mass is 9.84. The minimum Gasteiger partial charge on any atom is -0.460 e. The van der Waals surface area contributed by atoms with Gasteiger partial charge in [0.1, 0.15) is 5.60 Å². The number of rotatable bonds is 2. The zero-order chi connectivity index (χ0) is 11.5. The van der Waals surface area contributed by atoms with Crippen molar-refractivity contribution in [3.05, 3.63) is 0 Å². The van der Waals surface area contributed by atoms with Gasteiger partial charge in [-0.3, -0.25) is 4.79 Å². The highest BCUT2D eigenvalue weighted by Crippen LogP contribution is 2.26. The predicted octanol–water partition coefficient (Wildman–Crippen LogP) is 2.24. The van der Waals surface area contributed by atoms with Crippen LogP contribution in [0.5, 0.6) is 0 Å². The first kappa shape index (κ1) is 12.5. The molecule has 15 heavy (non-hydrogen) atoms. The van der Waals surface area contributed by atoms with Crippen LogP contribution in [0.1, 0.15) is 52.9 Å². The molecule has 0 spiro atoms. The Morgan fingerprint density at radius 3 is 2.60 bits per heavy atom. The highest BCUT2D eigenvalue weighted by molar-refractivity contribution is 5.70. The van der Waals surface area contributed by atoms with E-state index in [4.69, 9.17) is 10.5 Å². The molecule has 0 aromatic carbocycles. The summed E-state index contributed by atoms with van der Waals surface area (Å²) in [5, 5.41) is 0. The van der Waals surface area contributed by atoms with Crippen molar-refractivity contribution in [3.8, 4) is 0 Å². The summed E-state index contributed by atoms with van der Waals surface area (Å²) in [5.74, 6) is 0.352. The molecule has 1 rings (SSSR count). The standard InChI is InChI=1S/C12H23NO2/c1-12(2,3)15-11(14)8-9-5-4-6-10(13)7-9/h9-10H,4-8,13H2,1-3H3/t9-,10-/m0/s1. The fraction of sp³-hybridized carbons (Fsp3) is 0.917. The lowest BCUT2D eigenvalue weighted by molar-refractivity contribution is -0.156. The molecule has 2 N–H and O–H groups in total. The van der Waals surface area contributed by atoms with Gasteiger partial charge >= 0.3 is 5.97 Å². The maximum absolute atomic E-state index is 11.6. The molecule has 0 aromatic heterocycles. The monoisotopic (exact) mass is 213 g/mol. The molecule has 1 aliphatic rings. The van der Waals surface area contributed by atoms with Gasteiger partial charge in [-0.1, -0.05) is 6.42 Å². The topological polar surface area (TPSA) is 52.3 Å². The summed E-state index contributed by atoms with van der Waals surface area (Å²) in [5.41, 5.74) is 5.51. The predicted molar refractivity (Wildman–Crippen MR) is 60.4 cm³/mol. The number of nitrogens with two attached hydrogens (primary N) is 1. The van der Waals surface area contributed by atoms with E-state index in [1.165, 1.54) is 0 Å². The third-order valence-electron chi connectivity index (χ3n) is 2.70. The van der Waals surface area contributed by atoms with Gasteiger partial charge in [-0.05, 0) is 46.0 Å². The molecule has 0 radical (unpaired) electrons. The SMILES string of the molecule is CC(C)(C)OC(=O)C[C@H]1CCC[C@H](N)C1. The van der Waals surface area contributed by atoms with Gasteiger partial charge in [-0.25, -0.2) is 0 Å². The summed E-state index contributed by atoms with van der Waals surface area (Å²) < 4.78 is 5.30. The smallest absolute Gasteiger partial charge is 0.306 e. The Morgan fingerprint density at radius 2 is 2.07 bits per heavy atom. The van der Waals surface area contributed by atoms with E-state index in [-0.39, 0.29) is 17.6 Å². The Balaban J connectivity index is 2.31. The zero-order valence-electron chi connectivity index (χ0n) is 10.1. The first-order valence-corrected chi connectivity index (χ1v) is 5.84. The van der Waals surface area contributed by atoms with Crippen molar-refractivity contribution in [1.82, 2.24) is 0 Å². The summed E-state index contributed by atoms with van der Waals surface area (Å²) in [7, 11) is 0. The summed E-state index contributed by atoms with van der Waals surface area (Å²) in [6, 6.07) is 0.284. The van der Waals surface area contributed by atoms with Crippen LogP contribution in [0.2, 0.25) is 0 Å². The van der Waals surface area contributed by atoms with E-state index < -0.39 is 0 Å². The largest absolute Gasteiger partial charge is 0.460 e. The Kier molecular flexibility index (Phi) is 4.14. The fourth-order valence-electron chi connectivity index (χ4n) is 2.14. The van der Waals surface area contributed by atoms with Crippen molar-refractivity contribution in [2.45, 2.75) is 64.5 Å². The van der Waals surface area contributed by atoms with Crippen molar-refractivity contribution < 1.29 is 9.53 Å². The molecule has 0 unspecified atom stereocenters. The normalized spacial score (nSPS) is 27.5. The molecule has 1 saturated carbocycles. The van der Waals surface area contributed by atoms with E-state index in [2.05, 4.69) is 0 Å². The number of esters is 1. The minimum absolute atomic E-state index is 0.0819. The van der Waals surface area contributed by atoms with Crippen molar-refractivity contribution in [2.24, 2.45) is 11.7 Å². The Bertz CT molecular complexity index is 220. The molecule has 0 aromatic rings. The summed E-state index contributed by atoms with van der Waals surface area (Å²) in [6.45, 7) is 5.70. The van der Waals surface area contributed by atoms with Gasteiger partial charge in [0.25, 0.3) is 0 Å². The van der Waals surface area contributed by atoms with Crippen LogP contribution < -0.4 is 5.73 Å². The third kappa shape index (κ3) is 5.17. The van der Waals surface area contributed by atoms with Crippen molar-refractivity contribution >= 4 is 5.97 Å². The quantitative estimate of drug-likeness (QED) is 0.716. The van der Waals surface area contributed by atoms with Gasteiger partial charge in [0, 0.05) is 12.5 Å². The highest BCUT2D eigenvalue weighted by Gasteiger charge is 2.24. The number of carbonyl (C=O) groups is 1. The Hall–Kier alpha value is -0.570. The molecule has 0 amide bonds. The van der Waals surface area contributed by atoms with Gasteiger partial charge in [0.15, 0.2) is 0 Å². The molecule has 3 heteroatoms. The average molecular weight is 213 g/mol. The van der Waals surface area contributed by atoms with Gasteiger partial charge in [-0.2, -0.15) is 0 Å². The van der Waals surface area contributed by atoms with Crippen molar-refractivity contribution in [2.75, 3.05) is 0 Å². The third-order valence-corrected chi connectivity index (χ3v) is 2.70. The Morgan fingerprint density at radius 1 is 1.40 bits per heavy atom. The summed E-state index contributed by atoms with van der Waals surface area (Å²) >= 11 is 0. The molecule has 0 heterocycles. The van der Waals surface area contributed by atoms with Crippen LogP contribution in [0.15, 0.2) is 0 Å². The molecular weight excluding hydrogens is 190 g/mol. The highest BCUT2D eigenvalue weighted by atomic mass is 16.6. The van der Waals surface area contributed by atoms with E-state index in [0.29, 0.717) is 12.3 Å². The van der Waals surface area contributed by atoms with Crippen LogP contribution >= 0.6 is 0 Å². The minimum atomic E-state index is -0.367. The van der Waals surface area contributed by atoms with Gasteiger partial charge in [-0.15, -0.1) is 0 Å². The number of hydrogen-bond acceptors (Lipinski definition) is 3. The number of hydrogen-bond donors (Lipinski definition) is 1. The van der Waals surface area contributed by atoms with Crippen LogP contribution in [0.3, 0.4) is 0 Å². The van der Waals surface area contributed by atoms with E-state index >= 15 is 0 Å². The maximum Gasteiger partial charge on any atom is 0.306 e. The van der Waals surface area contributed by atoms with Crippen LogP contribution in [0.25, 0.3) is 0 Å². The average Bonchev–Trinajstić information content (AvgIpc) is 1.99. The molecule has 88 valence electrons. The molecular formula is C12H23NO2. The molecule has 2 atom stereocenters. The second-order valence-corrected chi connectivity index (χ2v) is 5.58. The zero-order valence-corrected chi connectivity index (χ0v) is 10.1. The molecule has 1 aliphatic carbocycles. The molecule has 0 bridgehead atoms. The molecule has 0 aliphatic heterocycles. The molecule has 3 nitrogen and oxygen atoms in total. The molecule has 0 saturated heterocycles. The van der Waals surface area contributed by atoms with Crippen LogP contribution in [0, 0.1) is 5.92 Å². The van der Waals surface area contributed by atoms with Gasteiger partial charge < -0.3 is 10.5 Å². The second-order valence-electron chi connectivity index (χ2n) is 5.58. The maximum atomic E-state index is 11.6. The van der Waals surface area contributed by atoms with Crippen molar-refractivity contribution in [1.29, 1.82) is 0 Å². The van der Waals surface area contributed by atoms with E-state index in [1.54, 1.807) is 0 Å². The van der Waals surface area contributed by atoms with Crippen LogP contribution in [-0.2, 0) is 9.53 Å². The number of carbonyl (C=O) groups excluding carboxylic acids is 1. The van der Waals surface area contributed by atoms with Crippen LogP contribution in [-0.4, -0.2) is 17.6 Å². The van der Waals surface area contributed by atoms with Gasteiger partial charge in [0.2, 0.25) is 0 Å².